The van der Waals surface area contributed by atoms with Crippen molar-refractivity contribution < 1.29 is 4.79 Å². The smallest absolute Gasteiger partial charge is 0.218 e. The van der Waals surface area contributed by atoms with Crippen LogP contribution in [-0.2, 0) is 4.79 Å². The molecule has 0 aliphatic rings. The van der Waals surface area contributed by atoms with Gasteiger partial charge in [-0.2, -0.15) is 0 Å². The molecule has 0 aliphatic heterocycles. The Morgan fingerprint density at radius 2 is 1.90 bits per heavy atom. The summed E-state index contributed by atoms with van der Waals surface area (Å²) in [6.07, 6.45) is 0.461. The van der Waals surface area contributed by atoms with Gasteiger partial charge in [-0.05, 0) is 0 Å². The van der Waals surface area contributed by atoms with Gasteiger partial charge < -0.3 is 11.5 Å². The van der Waals surface area contributed by atoms with E-state index in [0.717, 1.165) is 11.5 Å². The van der Waals surface area contributed by atoms with Crippen molar-refractivity contribution in [3.05, 3.63) is 0 Å². The highest BCUT2D eigenvalue weighted by molar-refractivity contribution is 8.76. The Labute approximate surface area is 68.7 Å². The molecule has 10 heavy (non-hydrogen) atoms. The highest BCUT2D eigenvalue weighted by Gasteiger charge is 1.93. The first-order chi connectivity index (χ1) is 4.77. The molecule has 3 nitrogen and oxygen atoms in total. The third-order valence-corrected chi connectivity index (χ3v) is 3.16. The van der Waals surface area contributed by atoms with Gasteiger partial charge in [0.1, 0.15) is 0 Å². The van der Waals surface area contributed by atoms with Crippen LogP contribution in [0, 0.1) is 0 Å². The first-order valence-electron chi connectivity index (χ1n) is 3.00. The van der Waals surface area contributed by atoms with E-state index in [1.807, 2.05) is 0 Å². The molecule has 0 aromatic carbocycles. The van der Waals surface area contributed by atoms with Gasteiger partial charge in [-0.25, -0.2) is 0 Å². The van der Waals surface area contributed by atoms with E-state index in [1.165, 1.54) is 0 Å². The normalized spacial score (nSPS) is 9.70. The van der Waals surface area contributed by atoms with E-state index in [9.17, 15) is 4.79 Å². The number of hydrogen-bond acceptors (Lipinski definition) is 4. The van der Waals surface area contributed by atoms with Gasteiger partial charge >= 0.3 is 0 Å². The highest BCUT2D eigenvalue weighted by Crippen LogP contribution is 2.20. The first-order valence-corrected chi connectivity index (χ1v) is 5.49. The molecule has 60 valence electrons. The summed E-state index contributed by atoms with van der Waals surface area (Å²) in [6, 6.07) is 0. The minimum absolute atomic E-state index is 0.235. The average molecular weight is 180 g/mol. The van der Waals surface area contributed by atoms with Crippen LogP contribution >= 0.6 is 21.6 Å². The molecule has 0 heterocycles. The third-order valence-electron chi connectivity index (χ3n) is 0.716. The molecule has 0 rings (SSSR count). The Hall–Kier alpha value is 0.130. The lowest BCUT2D eigenvalue weighted by Gasteiger charge is -1.95. The number of hydrogen-bond donors (Lipinski definition) is 2. The predicted molar refractivity (Wildman–Crippen MR) is 47.8 cm³/mol. The van der Waals surface area contributed by atoms with Crippen molar-refractivity contribution in [2.45, 2.75) is 6.42 Å². The summed E-state index contributed by atoms with van der Waals surface area (Å²) >= 11 is 0. The van der Waals surface area contributed by atoms with E-state index < -0.39 is 0 Å². The molecule has 0 spiro atoms. The monoisotopic (exact) mass is 180 g/mol. The molecule has 5 heteroatoms. The zero-order valence-corrected chi connectivity index (χ0v) is 7.34. The van der Waals surface area contributed by atoms with Gasteiger partial charge in [0.2, 0.25) is 5.91 Å². The molecule has 0 aromatic rings. The minimum atomic E-state index is -0.235. The van der Waals surface area contributed by atoms with E-state index >= 15 is 0 Å². The van der Waals surface area contributed by atoms with Crippen LogP contribution in [0.4, 0.5) is 0 Å². The van der Waals surface area contributed by atoms with Crippen LogP contribution in [0.1, 0.15) is 6.42 Å². The van der Waals surface area contributed by atoms with Crippen LogP contribution < -0.4 is 11.5 Å². The number of carbonyl (C=O) groups excluding carboxylic acids is 1. The number of rotatable bonds is 6. The number of nitrogens with two attached hydrogens (primary N) is 2. The van der Waals surface area contributed by atoms with Gasteiger partial charge in [-0.15, -0.1) is 0 Å². The lowest BCUT2D eigenvalue weighted by molar-refractivity contribution is -0.117. The van der Waals surface area contributed by atoms with Gasteiger partial charge in [0.25, 0.3) is 0 Å². The topological polar surface area (TPSA) is 69.1 Å². The fourth-order valence-electron chi connectivity index (χ4n) is 0.308. The van der Waals surface area contributed by atoms with Crippen molar-refractivity contribution in [2.75, 3.05) is 18.1 Å². The van der Waals surface area contributed by atoms with Crippen LogP contribution in [-0.4, -0.2) is 24.0 Å². The van der Waals surface area contributed by atoms with Crippen molar-refractivity contribution in [3.8, 4) is 0 Å². The van der Waals surface area contributed by atoms with E-state index in [2.05, 4.69) is 0 Å². The summed E-state index contributed by atoms with van der Waals surface area (Å²) in [5, 5.41) is 0. The van der Waals surface area contributed by atoms with E-state index in [-0.39, 0.29) is 5.91 Å². The Kier molecular flexibility index (Phi) is 7.33. The largest absolute Gasteiger partial charge is 0.370 e. The summed E-state index contributed by atoms with van der Waals surface area (Å²) in [5.74, 6) is 1.49. The second-order valence-corrected chi connectivity index (χ2v) is 4.35. The first kappa shape index (κ1) is 10.1. The van der Waals surface area contributed by atoms with Gasteiger partial charge in [0.15, 0.2) is 0 Å². The molecule has 0 bridgehead atoms. The molecule has 0 unspecified atom stereocenters. The fraction of sp³-hybridized carbons (Fsp3) is 0.800. The maximum absolute atomic E-state index is 10.2. The lowest BCUT2D eigenvalue weighted by atomic mass is 10.5. The van der Waals surface area contributed by atoms with E-state index in [0.29, 0.717) is 13.0 Å². The lowest BCUT2D eigenvalue weighted by Crippen LogP contribution is -2.10. The number of carbonyl (C=O) groups is 1. The molecular weight excluding hydrogens is 168 g/mol. The second-order valence-electron chi connectivity index (χ2n) is 1.65. The van der Waals surface area contributed by atoms with Crippen LogP contribution in [0.25, 0.3) is 0 Å². The van der Waals surface area contributed by atoms with Crippen molar-refractivity contribution in [1.29, 1.82) is 0 Å². The standard InChI is InChI=1S/C5H12N2OS2/c6-2-4-10-9-3-1-5(7)8/h1-4,6H2,(H2,7,8). The minimum Gasteiger partial charge on any atom is -0.370 e. The molecule has 0 saturated carbocycles. The molecule has 4 N–H and O–H groups in total. The van der Waals surface area contributed by atoms with Crippen LogP contribution in [0.15, 0.2) is 0 Å². The zero-order chi connectivity index (χ0) is 7.82. The second kappa shape index (κ2) is 7.24. The summed E-state index contributed by atoms with van der Waals surface area (Å²) in [6.45, 7) is 0.689. The van der Waals surface area contributed by atoms with Crippen molar-refractivity contribution in [2.24, 2.45) is 11.5 Å². The molecule has 0 aromatic heterocycles. The summed E-state index contributed by atoms with van der Waals surface area (Å²) < 4.78 is 0. The zero-order valence-electron chi connectivity index (χ0n) is 5.71. The molecule has 0 atom stereocenters. The fourth-order valence-corrected chi connectivity index (χ4v) is 2.17. The van der Waals surface area contributed by atoms with Gasteiger partial charge in [0, 0.05) is 24.5 Å². The Morgan fingerprint density at radius 3 is 2.40 bits per heavy atom. The van der Waals surface area contributed by atoms with Gasteiger partial charge in [-0.1, -0.05) is 21.6 Å². The Balaban J connectivity index is 2.84. The van der Waals surface area contributed by atoms with Crippen LogP contribution in [0.5, 0.6) is 0 Å². The van der Waals surface area contributed by atoms with Crippen LogP contribution in [0.2, 0.25) is 0 Å². The average Bonchev–Trinajstić information content (AvgIpc) is 1.87. The van der Waals surface area contributed by atoms with Crippen molar-refractivity contribution >= 4 is 27.5 Å². The maximum atomic E-state index is 10.2. The third kappa shape index (κ3) is 8.13. The molecule has 1 amide bonds. The summed E-state index contributed by atoms with van der Waals surface area (Å²) in [7, 11) is 3.32. The summed E-state index contributed by atoms with van der Waals surface area (Å²) in [5.41, 5.74) is 10.2. The van der Waals surface area contributed by atoms with Gasteiger partial charge in [0.05, 0.1) is 0 Å². The van der Waals surface area contributed by atoms with Crippen molar-refractivity contribution in [3.63, 3.8) is 0 Å². The number of amides is 1. The molecule has 0 saturated heterocycles. The Morgan fingerprint density at radius 1 is 1.30 bits per heavy atom. The molecule has 0 aliphatic carbocycles. The van der Waals surface area contributed by atoms with E-state index in [4.69, 9.17) is 11.5 Å². The predicted octanol–water partition coefficient (Wildman–Crippen LogP) is 0.202. The highest BCUT2D eigenvalue weighted by atomic mass is 33.1. The quantitative estimate of drug-likeness (QED) is 0.452. The SMILES string of the molecule is NCCSSCCC(N)=O. The number of primary amides is 1. The molecular formula is C5H12N2OS2. The van der Waals surface area contributed by atoms with Crippen molar-refractivity contribution in [1.82, 2.24) is 0 Å². The van der Waals surface area contributed by atoms with Gasteiger partial charge in [-0.3, -0.25) is 4.79 Å². The van der Waals surface area contributed by atoms with Crippen LogP contribution in [0.3, 0.4) is 0 Å². The molecule has 0 fully saturated rings. The van der Waals surface area contributed by atoms with E-state index in [1.54, 1.807) is 21.6 Å². The maximum Gasteiger partial charge on any atom is 0.218 e. The Bertz CT molecular complexity index is 99.6. The summed E-state index contributed by atoms with van der Waals surface area (Å²) in [4.78, 5) is 10.2. The molecule has 0 radical (unpaired) electrons.